The van der Waals surface area contributed by atoms with Crippen molar-refractivity contribution in [3.05, 3.63) is 46.1 Å². The lowest BCUT2D eigenvalue weighted by Gasteiger charge is -2.04. The fourth-order valence-corrected chi connectivity index (χ4v) is 3.30. The molecular weight excluding hydrogens is 364 g/mol. The largest absolute Gasteiger partial charge is 0.398 e. The van der Waals surface area contributed by atoms with Crippen molar-refractivity contribution in [3.63, 3.8) is 0 Å². The minimum atomic E-state index is -2.73. The smallest absolute Gasteiger partial charge is 0.283 e. The highest BCUT2D eigenvalue weighted by Crippen LogP contribution is 2.45. The van der Waals surface area contributed by atoms with Gasteiger partial charge in [-0.1, -0.05) is 28.9 Å². The van der Waals surface area contributed by atoms with E-state index in [2.05, 4.69) is 15.2 Å². The standard InChI is InChI=1S/C17H16ClF2N5O/c1-8-10(3-2-4-11(8)21)17-22-12(26-24-17)7-25-15(9-5-6-9)13(18)14(23-25)16(19)20/h2-4,9,16H,5-7,21H2,1H3. The summed E-state index contributed by atoms with van der Waals surface area (Å²) >= 11 is 6.12. The van der Waals surface area contributed by atoms with Crippen LogP contribution in [0.2, 0.25) is 5.02 Å². The first-order valence-electron chi connectivity index (χ1n) is 8.18. The number of halogens is 3. The molecule has 136 valence electrons. The molecule has 0 saturated heterocycles. The maximum atomic E-state index is 13.1. The zero-order valence-electron chi connectivity index (χ0n) is 13.9. The van der Waals surface area contributed by atoms with Crippen LogP contribution >= 0.6 is 11.6 Å². The van der Waals surface area contributed by atoms with Crippen LogP contribution in [0.15, 0.2) is 22.7 Å². The Kier molecular flexibility index (Phi) is 4.14. The number of nitrogens with zero attached hydrogens (tertiary/aromatic N) is 4. The maximum absolute atomic E-state index is 13.1. The highest BCUT2D eigenvalue weighted by atomic mass is 35.5. The SMILES string of the molecule is Cc1c(N)cccc1-c1noc(Cn2nc(C(F)F)c(Cl)c2C2CC2)n1. The Hall–Kier alpha value is -2.48. The second-order valence-electron chi connectivity index (χ2n) is 6.35. The number of alkyl halides is 2. The molecule has 2 aromatic heterocycles. The first kappa shape index (κ1) is 17.0. The highest BCUT2D eigenvalue weighted by molar-refractivity contribution is 6.32. The Morgan fingerprint density at radius 2 is 2.15 bits per heavy atom. The van der Waals surface area contributed by atoms with Crippen molar-refractivity contribution in [2.24, 2.45) is 0 Å². The molecule has 1 fully saturated rings. The fourth-order valence-electron chi connectivity index (χ4n) is 2.93. The van der Waals surface area contributed by atoms with Crippen molar-refractivity contribution in [1.29, 1.82) is 0 Å². The van der Waals surface area contributed by atoms with Gasteiger partial charge in [0.15, 0.2) is 0 Å². The average molecular weight is 380 g/mol. The predicted octanol–water partition coefficient (Wildman–Crippen LogP) is 4.34. The van der Waals surface area contributed by atoms with E-state index in [1.54, 1.807) is 12.1 Å². The number of nitrogens with two attached hydrogens (primary N) is 1. The van der Waals surface area contributed by atoms with Crippen LogP contribution in [0.3, 0.4) is 0 Å². The van der Waals surface area contributed by atoms with Gasteiger partial charge in [0.25, 0.3) is 6.43 Å². The predicted molar refractivity (Wildman–Crippen MR) is 92.2 cm³/mol. The van der Waals surface area contributed by atoms with Gasteiger partial charge in [-0.25, -0.2) is 8.78 Å². The summed E-state index contributed by atoms with van der Waals surface area (Å²) in [6, 6.07) is 5.44. The Balaban J connectivity index is 1.66. The van der Waals surface area contributed by atoms with Crippen molar-refractivity contribution in [2.75, 3.05) is 5.73 Å². The van der Waals surface area contributed by atoms with E-state index in [4.69, 9.17) is 21.9 Å². The van der Waals surface area contributed by atoms with Gasteiger partial charge < -0.3 is 10.3 Å². The zero-order valence-corrected chi connectivity index (χ0v) is 14.7. The number of aromatic nitrogens is 4. The monoisotopic (exact) mass is 379 g/mol. The molecule has 1 aliphatic carbocycles. The molecular formula is C17H16ClF2N5O. The Bertz CT molecular complexity index is 964. The number of anilines is 1. The van der Waals surface area contributed by atoms with Gasteiger partial charge >= 0.3 is 0 Å². The van der Waals surface area contributed by atoms with Crippen molar-refractivity contribution in [1.82, 2.24) is 19.9 Å². The van der Waals surface area contributed by atoms with Crippen LogP contribution < -0.4 is 5.73 Å². The molecule has 0 aliphatic heterocycles. The molecule has 26 heavy (non-hydrogen) atoms. The van der Waals surface area contributed by atoms with Gasteiger partial charge in [0.2, 0.25) is 11.7 Å². The van der Waals surface area contributed by atoms with Crippen LogP contribution in [-0.4, -0.2) is 19.9 Å². The summed E-state index contributed by atoms with van der Waals surface area (Å²) < 4.78 is 33.0. The first-order chi connectivity index (χ1) is 12.5. The van der Waals surface area contributed by atoms with Gasteiger partial charge in [-0.05, 0) is 31.4 Å². The van der Waals surface area contributed by atoms with Gasteiger partial charge in [0.1, 0.15) is 12.2 Å². The third-order valence-electron chi connectivity index (χ3n) is 4.50. The van der Waals surface area contributed by atoms with Crippen molar-refractivity contribution in [3.8, 4) is 11.4 Å². The molecule has 4 rings (SSSR count). The number of rotatable bonds is 5. The minimum absolute atomic E-state index is 0.0360. The van der Waals surface area contributed by atoms with Crippen molar-refractivity contribution < 1.29 is 13.3 Å². The Labute approximate surface area is 152 Å². The molecule has 3 aromatic rings. The normalized spacial score (nSPS) is 14.3. The van der Waals surface area contributed by atoms with Crippen molar-refractivity contribution in [2.45, 2.75) is 38.7 Å². The van der Waals surface area contributed by atoms with E-state index in [9.17, 15) is 8.78 Å². The third kappa shape index (κ3) is 2.94. The summed E-state index contributed by atoms with van der Waals surface area (Å²) in [5.41, 5.74) is 8.36. The molecule has 1 aliphatic rings. The minimum Gasteiger partial charge on any atom is -0.398 e. The highest BCUT2D eigenvalue weighted by Gasteiger charge is 2.34. The molecule has 0 spiro atoms. The summed E-state index contributed by atoms with van der Waals surface area (Å²) in [4.78, 5) is 4.36. The third-order valence-corrected chi connectivity index (χ3v) is 4.88. The van der Waals surface area contributed by atoms with Crippen LogP contribution in [0.4, 0.5) is 14.5 Å². The quantitative estimate of drug-likeness (QED) is 0.667. The molecule has 6 nitrogen and oxygen atoms in total. The Morgan fingerprint density at radius 1 is 1.38 bits per heavy atom. The van der Waals surface area contributed by atoms with E-state index in [1.807, 2.05) is 13.0 Å². The van der Waals surface area contributed by atoms with E-state index in [0.29, 0.717) is 17.2 Å². The number of benzene rings is 1. The fraction of sp³-hybridized carbons (Fsp3) is 0.353. The van der Waals surface area contributed by atoms with E-state index >= 15 is 0 Å². The number of nitrogen functional groups attached to an aromatic ring is 1. The van der Waals surface area contributed by atoms with E-state index < -0.39 is 12.1 Å². The second kappa shape index (κ2) is 6.35. The van der Waals surface area contributed by atoms with Crippen LogP contribution in [0, 0.1) is 6.92 Å². The lowest BCUT2D eigenvalue weighted by molar-refractivity contribution is 0.145. The first-order valence-corrected chi connectivity index (χ1v) is 8.55. The topological polar surface area (TPSA) is 82.8 Å². The van der Waals surface area contributed by atoms with Gasteiger partial charge in [-0.3, -0.25) is 4.68 Å². The van der Waals surface area contributed by atoms with Crippen LogP contribution in [-0.2, 0) is 6.54 Å². The molecule has 0 amide bonds. The molecule has 0 radical (unpaired) electrons. The molecule has 1 saturated carbocycles. The lowest BCUT2D eigenvalue weighted by Crippen LogP contribution is -2.06. The molecule has 0 bridgehead atoms. The number of hydrogen-bond acceptors (Lipinski definition) is 5. The summed E-state index contributed by atoms with van der Waals surface area (Å²) in [5, 5.41) is 7.98. The van der Waals surface area contributed by atoms with E-state index in [0.717, 1.165) is 24.0 Å². The van der Waals surface area contributed by atoms with Gasteiger partial charge in [-0.15, -0.1) is 0 Å². The molecule has 9 heteroatoms. The Morgan fingerprint density at radius 3 is 2.85 bits per heavy atom. The van der Waals surface area contributed by atoms with Crippen molar-refractivity contribution >= 4 is 17.3 Å². The van der Waals surface area contributed by atoms with Crippen LogP contribution in [0.5, 0.6) is 0 Å². The van der Waals surface area contributed by atoms with Gasteiger partial charge in [0, 0.05) is 17.2 Å². The summed E-state index contributed by atoms with van der Waals surface area (Å²) in [5.74, 6) is 0.815. The maximum Gasteiger partial charge on any atom is 0.283 e. The van der Waals surface area contributed by atoms with Crippen LogP contribution in [0.1, 0.15) is 48.0 Å². The van der Waals surface area contributed by atoms with E-state index in [-0.39, 0.29) is 23.4 Å². The molecule has 0 unspecified atom stereocenters. The average Bonchev–Trinajstić information content (AvgIpc) is 3.23. The summed E-state index contributed by atoms with van der Waals surface area (Å²) in [7, 11) is 0. The number of hydrogen-bond donors (Lipinski definition) is 1. The zero-order chi connectivity index (χ0) is 18.4. The molecule has 1 aromatic carbocycles. The van der Waals surface area contributed by atoms with E-state index in [1.165, 1.54) is 4.68 Å². The second-order valence-corrected chi connectivity index (χ2v) is 6.73. The molecule has 2 N–H and O–H groups in total. The summed E-state index contributed by atoms with van der Waals surface area (Å²) in [6.45, 7) is 1.96. The van der Waals surface area contributed by atoms with Gasteiger partial charge in [0.05, 0.1) is 10.7 Å². The molecule has 2 heterocycles. The molecule has 0 atom stereocenters. The lowest BCUT2D eigenvalue weighted by atomic mass is 10.1. The summed E-state index contributed by atoms with van der Waals surface area (Å²) in [6.07, 6.45) is -0.911. The van der Waals surface area contributed by atoms with Crippen LogP contribution in [0.25, 0.3) is 11.4 Å². The van der Waals surface area contributed by atoms with Gasteiger partial charge in [-0.2, -0.15) is 10.1 Å².